The van der Waals surface area contributed by atoms with Gasteiger partial charge in [0.1, 0.15) is 5.75 Å². The number of hydrogen-bond acceptors (Lipinski definition) is 2. The van der Waals surface area contributed by atoms with Gasteiger partial charge in [-0.2, -0.15) is 0 Å². The number of rotatable bonds is 7. The topological polar surface area (TPSA) is 21.3 Å². The predicted octanol–water partition coefficient (Wildman–Crippen LogP) is 3.57. The molecule has 0 atom stereocenters. The molecule has 90 valence electrons. The predicted molar refractivity (Wildman–Crippen MR) is 72.4 cm³/mol. The number of halogens is 2. The van der Waals surface area contributed by atoms with E-state index in [9.17, 15) is 0 Å². The lowest BCUT2D eigenvalue weighted by molar-refractivity contribution is 0.414. The number of alkyl halides is 1. The van der Waals surface area contributed by atoms with Crippen LogP contribution in [0.15, 0.2) is 22.7 Å². The van der Waals surface area contributed by atoms with E-state index in [-0.39, 0.29) is 0 Å². The third kappa shape index (κ3) is 4.73. The molecule has 0 heterocycles. The van der Waals surface area contributed by atoms with Crippen molar-refractivity contribution >= 4 is 27.5 Å². The molecule has 1 aromatic carbocycles. The van der Waals surface area contributed by atoms with E-state index in [1.165, 1.54) is 5.56 Å². The monoisotopic (exact) mass is 305 g/mol. The second-order valence-electron chi connectivity index (χ2n) is 3.53. The minimum absolute atomic E-state index is 0.741. The van der Waals surface area contributed by atoms with E-state index in [1.54, 1.807) is 7.11 Å². The Hall–Kier alpha value is -0.250. The zero-order chi connectivity index (χ0) is 11.8. The van der Waals surface area contributed by atoms with Crippen molar-refractivity contribution in [3.8, 4) is 5.75 Å². The van der Waals surface area contributed by atoms with E-state index in [0.717, 1.165) is 42.0 Å². The molecular formula is C12H17BrClNO. The highest BCUT2D eigenvalue weighted by molar-refractivity contribution is 9.10. The smallest absolute Gasteiger partial charge is 0.119 e. The molecule has 1 rings (SSSR count). The van der Waals surface area contributed by atoms with Gasteiger partial charge in [-0.3, -0.25) is 0 Å². The van der Waals surface area contributed by atoms with Gasteiger partial charge in [0.25, 0.3) is 0 Å². The highest BCUT2D eigenvalue weighted by Crippen LogP contribution is 2.22. The van der Waals surface area contributed by atoms with Crippen LogP contribution in [-0.4, -0.2) is 19.5 Å². The van der Waals surface area contributed by atoms with Crippen molar-refractivity contribution in [2.24, 2.45) is 0 Å². The summed E-state index contributed by atoms with van der Waals surface area (Å²) < 4.78 is 6.30. The SMILES string of the molecule is COc1ccc(Br)c(CNCCCCCl)c1. The molecule has 0 amide bonds. The summed E-state index contributed by atoms with van der Waals surface area (Å²) in [4.78, 5) is 0. The van der Waals surface area contributed by atoms with Crippen molar-refractivity contribution in [3.63, 3.8) is 0 Å². The van der Waals surface area contributed by atoms with Gasteiger partial charge in [-0.1, -0.05) is 15.9 Å². The van der Waals surface area contributed by atoms with Crippen molar-refractivity contribution in [3.05, 3.63) is 28.2 Å². The molecule has 0 aliphatic carbocycles. The van der Waals surface area contributed by atoms with Gasteiger partial charge in [0.05, 0.1) is 7.11 Å². The highest BCUT2D eigenvalue weighted by Gasteiger charge is 2.01. The Bertz CT molecular complexity index is 320. The third-order valence-electron chi connectivity index (χ3n) is 2.31. The number of nitrogens with one attached hydrogen (secondary N) is 1. The van der Waals surface area contributed by atoms with Crippen LogP contribution < -0.4 is 10.1 Å². The standard InChI is InChI=1S/C12H17BrClNO/c1-16-11-4-5-12(13)10(8-11)9-15-7-3-2-6-14/h4-5,8,15H,2-3,6-7,9H2,1H3. The molecule has 0 saturated carbocycles. The molecule has 0 bridgehead atoms. The summed E-state index contributed by atoms with van der Waals surface area (Å²) in [6, 6.07) is 5.99. The van der Waals surface area contributed by atoms with Gasteiger partial charge < -0.3 is 10.1 Å². The normalized spacial score (nSPS) is 10.4. The van der Waals surface area contributed by atoms with Crippen LogP contribution in [-0.2, 0) is 6.54 Å². The molecule has 0 aliphatic heterocycles. The maximum atomic E-state index is 5.61. The van der Waals surface area contributed by atoms with E-state index in [4.69, 9.17) is 16.3 Å². The Balaban J connectivity index is 2.40. The first-order valence-corrected chi connectivity index (χ1v) is 6.69. The maximum Gasteiger partial charge on any atom is 0.119 e. The zero-order valence-electron chi connectivity index (χ0n) is 9.43. The van der Waals surface area contributed by atoms with E-state index in [1.807, 2.05) is 18.2 Å². The van der Waals surface area contributed by atoms with Crippen LogP contribution in [0.25, 0.3) is 0 Å². The van der Waals surface area contributed by atoms with Crippen LogP contribution in [0, 0.1) is 0 Å². The first kappa shape index (κ1) is 13.8. The lowest BCUT2D eigenvalue weighted by Gasteiger charge is -2.08. The molecule has 0 unspecified atom stereocenters. The van der Waals surface area contributed by atoms with Crippen LogP contribution in [0.2, 0.25) is 0 Å². The summed E-state index contributed by atoms with van der Waals surface area (Å²) in [6.07, 6.45) is 2.18. The van der Waals surface area contributed by atoms with Gasteiger partial charge in [-0.25, -0.2) is 0 Å². The summed E-state index contributed by atoms with van der Waals surface area (Å²) in [5.74, 6) is 1.63. The fourth-order valence-electron chi connectivity index (χ4n) is 1.38. The molecule has 1 aromatic rings. The van der Waals surface area contributed by atoms with Crippen LogP contribution in [0.1, 0.15) is 18.4 Å². The highest BCUT2D eigenvalue weighted by atomic mass is 79.9. The molecule has 2 nitrogen and oxygen atoms in total. The molecule has 0 aliphatic rings. The van der Waals surface area contributed by atoms with Crippen molar-refractivity contribution in [1.82, 2.24) is 5.32 Å². The summed E-state index contributed by atoms with van der Waals surface area (Å²) in [6.45, 7) is 1.84. The number of ether oxygens (including phenoxy) is 1. The average Bonchev–Trinajstić information content (AvgIpc) is 2.31. The van der Waals surface area contributed by atoms with Gasteiger partial charge >= 0.3 is 0 Å². The van der Waals surface area contributed by atoms with Crippen molar-refractivity contribution < 1.29 is 4.74 Å². The summed E-state index contributed by atoms with van der Waals surface area (Å²) >= 11 is 9.14. The van der Waals surface area contributed by atoms with Gasteiger partial charge in [0, 0.05) is 16.9 Å². The Morgan fingerprint density at radius 3 is 2.88 bits per heavy atom. The Labute approximate surface area is 110 Å². The quantitative estimate of drug-likeness (QED) is 0.614. The van der Waals surface area contributed by atoms with Gasteiger partial charge in [0.15, 0.2) is 0 Å². The largest absolute Gasteiger partial charge is 0.497 e. The first-order valence-electron chi connectivity index (χ1n) is 5.37. The minimum atomic E-state index is 0.741. The number of unbranched alkanes of at least 4 members (excludes halogenated alkanes) is 1. The van der Waals surface area contributed by atoms with E-state index < -0.39 is 0 Å². The molecule has 0 fully saturated rings. The van der Waals surface area contributed by atoms with Crippen LogP contribution in [0.5, 0.6) is 5.75 Å². The number of methoxy groups -OCH3 is 1. The van der Waals surface area contributed by atoms with Crippen molar-refractivity contribution in [1.29, 1.82) is 0 Å². The van der Waals surface area contributed by atoms with Crippen molar-refractivity contribution in [2.75, 3.05) is 19.5 Å². The van der Waals surface area contributed by atoms with Gasteiger partial charge in [0.2, 0.25) is 0 Å². The Morgan fingerprint density at radius 1 is 1.38 bits per heavy atom. The average molecular weight is 307 g/mol. The van der Waals surface area contributed by atoms with Crippen LogP contribution >= 0.6 is 27.5 Å². The molecular weight excluding hydrogens is 289 g/mol. The summed E-state index contributed by atoms with van der Waals surface area (Å²) in [5.41, 5.74) is 1.21. The van der Waals surface area contributed by atoms with Crippen molar-refractivity contribution in [2.45, 2.75) is 19.4 Å². The van der Waals surface area contributed by atoms with Gasteiger partial charge in [-0.05, 0) is 43.1 Å². The molecule has 0 spiro atoms. The second-order valence-corrected chi connectivity index (χ2v) is 4.76. The molecule has 16 heavy (non-hydrogen) atoms. The Morgan fingerprint density at radius 2 is 2.19 bits per heavy atom. The van der Waals surface area contributed by atoms with Gasteiger partial charge in [-0.15, -0.1) is 11.6 Å². The zero-order valence-corrected chi connectivity index (χ0v) is 11.8. The molecule has 0 aromatic heterocycles. The number of benzene rings is 1. The molecule has 0 radical (unpaired) electrons. The van der Waals surface area contributed by atoms with E-state index >= 15 is 0 Å². The fourth-order valence-corrected chi connectivity index (χ4v) is 1.96. The maximum absolute atomic E-state index is 5.61. The van der Waals surface area contributed by atoms with E-state index in [2.05, 4.69) is 21.2 Å². The Kier molecular flexibility index (Phi) is 6.85. The second kappa shape index (κ2) is 7.93. The molecule has 0 saturated heterocycles. The number of hydrogen-bond donors (Lipinski definition) is 1. The minimum Gasteiger partial charge on any atom is -0.497 e. The third-order valence-corrected chi connectivity index (χ3v) is 3.35. The lowest BCUT2D eigenvalue weighted by Crippen LogP contribution is -2.15. The van der Waals surface area contributed by atoms with Crippen LogP contribution in [0.4, 0.5) is 0 Å². The summed E-state index contributed by atoms with van der Waals surface area (Å²) in [5, 5.41) is 3.38. The summed E-state index contributed by atoms with van der Waals surface area (Å²) in [7, 11) is 1.68. The first-order chi connectivity index (χ1) is 7.77. The lowest BCUT2D eigenvalue weighted by atomic mass is 10.2. The fraction of sp³-hybridized carbons (Fsp3) is 0.500. The molecule has 4 heteroatoms. The van der Waals surface area contributed by atoms with Crippen LogP contribution in [0.3, 0.4) is 0 Å². The van der Waals surface area contributed by atoms with E-state index in [0.29, 0.717) is 0 Å². The molecule has 1 N–H and O–H groups in total.